The highest BCUT2D eigenvalue weighted by atomic mass is 19.3. The van der Waals surface area contributed by atoms with E-state index in [0.29, 0.717) is 6.54 Å². The van der Waals surface area contributed by atoms with Gasteiger partial charge in [-0.25, -0.2) is 0 Å². The maximum atomic E-state index is 12.5. The number of aliphatic hydroxyl groups is 1. The molecule has 0 bridgehead atoms. The summed E-state index contributed by atoms with van der Waals surface area (Å²) >= 11 is 0. The third-order valence-electron chi connectivity index (χ3n) is 5.61. The van der Waals surface area contributed by atoms with Gasteiger partial charge in [-0.15, -0.1) is 0 Å². The molecule has 154 valence electrons. The number of alkyl halides is 2. The number of halogens is 2. The first kappa shape index (κ1) is 19.6. The van der Waals surface area contributed by atoms with Crippen molar-refractivity contribution in [2.75, 3.05) is 25.1 Å². The van der Waals surface area contributed by atoms with Crippen molar-refractivity contribution < 1.29 is 27.9 Å². The van der Waals surface area contributed by atoms with Gasteiger partial charge in [0.05, 0.1) is 13.7 Å². The Hall–Kier alpha value is -2.67. The van der Waals surface area contributed by atoms with Crippen LogP contribution in [0.2, 0.25) is 0 Å². The summed E-state index contributed by atoms with van der Waals surface area (Å²) in [6, 6.07) is 13.9. The Morgan fingerprint density at radius 2 is 1.69 bits per heavy atom. The van der Waals surface area contributed by atoms with E-state index in [1.165, 1.54) is 12.1 Å². The largest absolute Gasteiger partial charge is 0.497 e. The number of ether oxygens (including phenoxy) is 2. The smallest absolute Gasteiger partial charge is 0.387 e. The Bertz CT molecular complexity index is 884. The fourth-order valence-corrected chi connectivity index (χ4v) is 4.24. The molecule has 0 unspecified atom stereocenters. The topological polar surface area (TPSA) is 44.9 Å². The number of hydrogen-bond donors (Lipinski definition) is 1. The molecule has 0 saturated carbocycles. The Morgan fingerprint density at radius 3 is 2.34 bits per heavy atom. The van der Waals surface area contributed by atoms with Crippen LogP contribution in [0.1, 0.15) is 31.2 Å². The molecule has 5 nitrogen and oxygen atoms in total. The fraction of sp³-hybridized carbons (Fsp3) is 0.409. The van der Waals surface area contributed by atoms with E-state index < -0.39 is 12.3 Å². The first-order valence-corrected chi connectivity index (χ1v) is 9.84. The van der Waals surface area contributed by atoms with Gasteiger partial charge in [0.25, 0.3) is 11.6 Å². The normalized spacial score (nSPS) is 21.9. The van der Waals surface area contributed by atoms with Crippen molar-refractivity contribution in [1.29, 1.82) is 0 Å². The van der Waals surface area contributed by atoms with Gasteiger partial charge in [0, 0.05) is 12.0 Å². The molecule has 2 aromatic carbocycles. The van der Waals surface area contributed by atoms with Gasteiger partial charge in [-0.3, -0.25) is 4.58 Å². The van der Waals surface area contributed by atoms with Gasteiger partial charge in [0.2, 0.25) is 0 Å². The maximum Gasteiger partial charge on any atom is 0.387 e. The fourth-order valence-electron chi connectivity index (χ4n) is 4.24. The van der Waals surface area contributed by atoms with Gasteiger partial charge < -0.3 is 14.6 Å². The van der Waals surface area contributed by atoms with Crippen molar-refractivity contribution in [3.63, 3.8) is 0 Å². The zero-order chi connectivity index (χ0) is 20.4. The number of anilines is 1. The van der Waals surface area contributed by atoms with Crippen LogP contribution in [0, 0.1) is 0 Å². The highest BCUT2D eigenvalue weighted by Crippen LogP contribution is 2.38. The molecule has 7 heteroatoms. The number of benzene rings is 2. The molecule has 0 aliphatic carbocycles. The first-order valence-electron chi connectivity index (χ1n) is 9.84. The quantitative estimate of drug-likeness (QED) is 0.768. The van der Waals surface area contributed by atoms with Gasteiger partial charge in [-0.05, 0) is 67.8 Å². The van der Waals surface area contributed by atoms with Crippen LogP contribution in [0.25, 0.3) is 0 Å². The van der Waals surface area contributed by atoms with Gasteiger partial charge >= 0.3 is 6.61 Å². The lowest BCUT2D eigenvalue weighted by Gasteiger charge is -2.29. The van der Waals surface area contributed by atoms with Crippen molar-refractivity contribution >= 4 is 11.5 Å². The lowest BCUT2D eigenvalue weighted by molar-refractivity contribution is -0.534. The third-order valence-corrected chi connectivity index (χ3v) is 5.61. The van der Waals surface area contributed by atoms with E-state index in [2.05, 4.69) is 9.31 Å². The van der Waals surface area contributed by atoms with Crippen molar-refractivity contribution in [3.8, 4) is 11.5 Å². The van der Waals surface area contributed by atoms with Crippen LogP contribution in [0.4, 0.5) is 14.5 Å². The predicted molar refractivity (Wildman–Crippen MR) is 106 cm³/mol. The molecule has 2 aliphatic heterocycles. The molecular weight excluding hydrogens is 378 g/mol. The van der Waals surface area contributed by atoms with Gasteiger partial charge in [0.15, 0.2) is 6.54 Å². The van der Waals surface area contributed by atoms with Crippen LogP contribution < -0.4 is 14.4 Å². The van der Waals surface area contributed by atoms with Crippen molar-refractivity contribution in [3.05, 3.63) is 54.1 Å². The van der Waals surface area contributed by atoms with E-state index in [1.807, 2.05) is 29.2 Å². The summed E-state index contributed by atoms with van der Waals surface area (Å²) in [6.07, 6.45) is 4.13. The zero-order valence-electron chi connectivity index (χ0n) is 16.4. The van der Waals surface area contributed by atoms with Gasteiger partial charge in [-0.1, -0.05) is 0 Å². The number of rotatable bonds is 5. The van der Waals surface area contributed by atoms with E-state index in [9.17, 15) is 13.9 Å². The third kappa shape index (κ3) is 3.79. The molecular formula is C22H25F2N2O3+. The van der Waals surface area contributed by atoms with Crippen LogP contribution in [-0.4, -0.2) is 42.3 Å². The maximum absolute atomic E-state index is 12.5. The predicted octanol–water partition coefficient (Wildman–Crippen LogP) is 3.95. The minimum absolute atomic E-state index is 0.0960. The van der Waals surface area contributed by atoms with Crippen molar-refractivity contribution in [2.45, 2.75) is 38.0 Å². The first-order chi connectivity index (χ1) is 14.0. The van der Waals surface area contributed by atoms with Gasteiger partial charge in [-0.2, -0.15) is 13.7 Å². The molecule has 2 heterocycles. The number of hydrogen-bond acceptors (Lipinski definition) is 4. The summed E-state index contributed by atoms with van der Waals surface area (Å²) < 4.78 is 37.0. The SMILES string of the molecule is COc1ccc([C@@]2(O)C[N+]3=C(CCCCC3)N2c2ccc(OC(F)F)cc2)cc1. The van der Waals surface area contributed by atoms with Gasteiger partial charge in [0.1, 0.15) is 17.2 Å². The molecule has 0 fully saturated rings. The standard InChI is InChI=1S/C22H25F2N2O3/c1-28-18-10-6-16(7-11-18)22(27)15-25-14-4-2-3-5-20(25)26(22)17-8-12-19(13-9-17)29-21(23)24/h6-13,21,27H,2-5,14-15H2,1H3/q+1/t22-/m0/s1. The Balaban J connectivity index is 1.74. The summed E-state index contributed by atoms with van der Waals surface area (Å²) in [6.45, 7) is -1.53. The lowest BCUT2D eigenvalue weighted by atomic mass is 9.99. The van der Waals surface area contributed by atoms with Crippen molar-refractivity contribution in [2.24, 2.45) is 0 Å². The number of nitrogens with zero attached hydrogens (tertiary/aromatic N) is 2. The molecule has 29 heavy (non-hydrogen) atoms. The van der Waals surface area contributed by atoms with Crippen LogP contribution in [-0.2, 0) is 5.72 Å². The van der Waals surface area contributed by atoms with Crippen LogP contribution in [0.5, 0.6) is 11.5 Å². The summed E-state index contributed by atoms with van der Waals surface area (Å²) in [7, 11) is 1.61. The van der Waals surface area contributed by atoms with E-state index in [0.717, 1.165) is 55.1 Å². The molecule has 2 aliphatic rings. The summed E-state index contributed by atoms with van der Waals surface area (Å²) in [5.74, 6) is 1.87. The second-order valence-corrected chi connectivity index (χ2v) is 7.40. The minimum atomic E-state index is -2.87. The monoisotopic (exact) mass is 403 g/mol. The second-order valence-electron chi connectivity index (χ2n) is 7.40. The Morgan fingerprint density at radius 1 is 1.00 bits per heavy atom. The zero-order valence-corrected chi connectivity index (χ0v) is 16.4. The summed E-state index contributed by atoms with van der Waals surface area (Å²) in [4.78, 5) is 1.94. The molecule has 0 amide bonds. The molecule has 1 N–H and O–H groups in total. The van der Waals surface area contributed by atoms with Crippen LogP contribution in [0.15, 0.2) is 48.5 Å². The molecule has 4 rings (SSSR count). The van der Waals surface area contributed by atoms with E-state index in [1.54, 1.807) is 19.2 Å². The van der Waals surface area contributed by atoms with E-state index in [4.69, 9.17) is 4.74 Å². The summed E-state index contributed by atoms with van der Waals surface area (Å²) in [5.41, 5.74) is 0.237. The van der Waals surface area contributed by atoms with Crippen molar-refractivity contribution in [1.82, 2.24) is 0 Å². The molecule has 2 aromatic rings. The van der Waals surface area contributed by atoms with E-state index in [-0.39, 0.29) is 5.75 Å². The summed E-state index contributed by atoms with van der Waals surface area (Å²) in [5, 5.41) is 11.8. The highest BCUT2D eigenvalue weighted by Gasteiger charge is 2.54. The Kier molecular flexibility index (Phi) is 5.41. The number of amidine groups is 1. The molecule has 0 radical (unpaired) electrons. The molecule has 1 atom stereocenters. The Labute approximate surface area is 168 Å². The lowest BCUT2D eigenvalue weighted by Crippen LogP contribution is -2.47. The average Bonchev–Trinajstić information content (AvgIpc) is 2.85. The highest BCUT2D eigenvalue weighted by molar-refractivity contribution is 5.97. The van der Waals surface area contributed by atoms with Crippen LogP contribution in [0.3, 0.4) is 0 Å². The number of methoxy groups -OCH3 is 1. The average molecular weight is 403 g/mol. The van der Waals surface area contributed by atoms with Crippen LogP contribution >= 0.6 is 0 Å². The molecule has 0 spiro atoms. The molecule has 0 saturated heterocycles. The second kappa shape index (κ2) is 7.99. The van der Waals surface area contributed by atoms with E-state index >= 15 is 0 Å². The minimum Gasteiger partial charge on any atom is -0.497 e. The molecule has 0 aromatic heterocycles.